The number of hydrogen-bond donors (Lipinski definition) is 0. The zero-order valence-corrected chi connectivity index (χ0v) is 26.8. The number of carbonyl (C=O) groups excluding carboxylic acids is 2. The topological polar surface area (TPSA) is 71.1 Å². The van der Waals surface area contributed by atoms with Crippen molar-refractivity contribution in [2.75, 3.05) is 0 Å². The lowest BCUT2D eigenvalue weighted by atomic mass is 10.1. The first-order valence-corrected chi connectivity index (χ1v) is 19.2. The number of cyclic esters (lactones) is 1. The van der Waals surface area contributed by atoms with E-state index in [1.54, 1.807) is 6.08 Å². The van der Waals surface area contributed by atoms with Crippen LogP contribution < -0.4 is 8.85 Å². The number of rotatable bonds is 10. The van der Waals surface area contributed by atoms with Crippen molar-refractivity contribution in [1.82, 2.24) is 0 Å². The van der Waals surface area contributed by atoms with Crippen LogP contribution in [0.5, 0.6) is 11.5 Å². The van der Waals surface area contributed by atoms with Gasteiger partial charge in [0.05, 0.1) is 0 Å². The summed E-state index contributed by atoms with van der Waals surface area (Å²) in [6, 6.07) is 6.05. The van der Waals surface area contributed by atoms with Crippen LogP contribution in [-0.2, 0) is 25.5 Å². The molecule has 1 aliphatic rings. The van der Waals surface area contributed by atoms with Crippen LogP contribution in [0.15, 0.2) is 30.4 Å². The molecule has 0 saturated heterocycles. The largest absolute Gasteiger partial charge is 0.541 e. The maximum absolute atomic E-state index is 12.6. The summed E-state index contributed by atoms with van der Waals surface area (Å²) < 4.78 is 24.3. The van der Waals surface area contributed by atoms with Crippen LogP contribution in [0.4, 0.5) is 0 Å². The highest BCUT2D eigenvalue weighted by molar-refractivity contribution is 6.75. The number of benzene rings is 1. The quantitative estimate of drug-likeness (QED) is 0.222. The molecule has 0 N–H and O–H groups in total. The second-order valence-electron chi connectivity index (χ2n) is 13.2. The van der Waals surface area contributed by atoms with Crippen LogP contribution in [0.25, 0.3) is 0 Å². The third-order valence-electron chi connectivity index (χ3n) is 7.83. The van der Waals surface area contributed by atoms with Crippen molar-refractivity contribution >= 4 is 28.6 Å². The SMILES string of the molecule is C[C@@H](C[C@@H]1CC=CC(=O)O1)OC(=O)CCc1ccc(O[Si](C)(C)C(C)(C)C)c(O[Si](C)(C)C(C)(C)C)c1. The van der Waals surface area contributed by atoms with E-state index in [2.05, 4.69) is 67.7 Å². The molecule has 0 radical (unpaired) electrons. The van der Waals surface area contributed by atoms with E-state index in [1.807, 2.05) is 25.1 Å². The molecule has 1 aromatic carbocycles. The average molecular weight is 549 g/mol. The van der Waals surface area contributed by atoms with Crippen molar-refractivity contribution in [1.29, 1.82) is 0 Å². The summed E-state index contributed by atoms with van der Waals surface area (Å²) in [4.78, 5) is 24.0. The van der Waals surface area contributed by atoms with Crippen molar-refractivity contribution in [2.45, 2.75) is 123 Å². The second-order valence-corrected chi connectivity index (χ2v) is 22.7. The molecule has 0 amide bonds. The van der Waals surface area contributed by atoms with Gasteiger partial charge in [0.15, 0.2) is 0 Å². The van der Waals surface area contributed by atoms with Crippen LogP contribution in [-0.4, -0.2) is 40.8 Å². The zero-order chi connectivity index (χ0) is 28.2. The fraction of sp³-hybridized carbons (Fsp3) is 0.655. The number of ether oxygens (including phenoxy) is 2. The lowest BCUT2D eigenvalue weighted by Gasteiger charge is -2.39. The van der Waals surface area contributed by atoms with Crippen LogP contribution in [0.2, 0.25) is 36.3 Å². The normalized spacial score (nSPS) is 17.7. The van der Waals surface area contributed by atoms with Gasteiger partial charge in [0.2, 0.25) is 0 Å². The molecular weight excluding hydrogens is 500 g/mol. The standard InChI is InChI=1S/C29H48O6Si2/c1-21(19-23-13-12-14-26(30)33-23)32-27(31)18-16-22-15-17-24(34-36(8,9)28(2,3)4)25(20-22)35-37(10,11)29(5,6)7/h12,14-15,17,20-21,23H,13,16,18-19H2,1-11H3/t21-,23-/m0/s1. The van der Waals surface area contributed by atoms with Crippen LogP contribution in [0.3, 0.4) is 0 Å². The molecule has 0 bridgehead atoms. The molecule has 2 rings (SSSR count). The Bertz CT molecular complexity index is 985. The van der Waals surface area contributed by atoms with Gasteiger partial charge < -0.3 is 18.3 Å². The molecule has 2 atom stereocenters. The van der Waals surface area contributed by atoms with E-state index >= 15 is 0 Å². The molecule has 8 heteroatoms. The molecule has 0 fully saturated rings. The van der Waals surface area contributed by atoms with Crippen molar-refractivity contribution in [3.05, 3.63) is 35.9 Å². The third kappa shape index (κ3) is 9.02. The Kier molecular flexibility index (Phi) is 9.91. The van der Waals surface area contributed by atoms with E-state index < -0.39 is 16.6 Å². The van der Waals surface area contributed by atoms with Crippen molar-refractivity contribution < 1.29 is 27.9 Å². The first-order valence-electron chi connectivity index (χ1n) is 13.4. The summed E-state index contributed by atoms with van der Waals surface area (Å²) in [6.07, 6.45) is 4.60. The van der Waals surface area contributed by atoms with Gasteiger partial charge >= 0.3 is 11.9 Å². The highest BCUT2D eigenvalue weighted by atomic mass is 28.4. The van der Waals surface area contributed by atoms with Crippen molar-refractivity contribution in [2.24, 2.45) is 0 Å². The molecule has 0 aliphatic carbocycles. The second kappa shape index (κ2) is 11.8. The van der Waals surface area contributed by atoms with Gasteiger partial charge in [-0.15, -0.1) is 0 Å². The Morgan fingerprint density at radius 2 is 1.57 bits per heavy atom. The minimum Gasteiger partial charge on any atom is -0.541 e. The fourth-order valence-electron chi connectivity index (χ4n) is 3.39. The molecule has 0 aromatic heterocycles. The molecule has 37 heavy (non-hydrogen) atoms. The molecule has 1 aliphatic heterocycles. The number of esters is 2. The van der Waals surface area contributed by atoms with E-state index in [4.69, 9.17) is 18.3 Å². The molecule has 6 nitrogen and oxygen atoms in total. The van der Waals surface area contributed by atoms with Gasteiger partial charge in [0.25, 0.3) is 16.6 Å². The predicted molar refractivity (Wildman–Crippen MR) is 154 cm³/mol. The van der Waals surface area contributed by atoms with Crippen molar-refractivity contribution in [3.8, 4) is 11.5 Å². The first kappa shape index (κ1) is 31.2. The Morgan fingerprint density at radius 1 is 1.00 bits per heavy atom. The van der Waals surface area contributed by atoms with Crippen LogP contribution in [0.1, 0.15) is 73.3 Å². The summed E-state index contributed by atoms with van der Waals surface area (Å²) in [5.74, 6) is 0.945. The summed E-state index contributed by atoms with van der Waals surface area (Å²) >= 11 is 0. The fourth-order valence-corrected chi connectivity index (χ4v) is 5.43. The monoisotopic (exact) mass is 548 g/mol. The van der Waals surface area contributed by atoms with E-state index in [1.165, 1.54) is 6.08 Å². The maximum Gasteiger partial charge on any atom is 0.330 e. The molecule has 0 spiro atoms. The number of aryl methyl sites for hydroxylation is 1. The predicted octanol–water partition coefficient (Wildman–Crippen LogP) is 7.58. The van der Waals surface area contributed by atoms with Gasteiger partial charge in [0, 0.05) is 25.3 Å². The Morgan fingerprint density at radius 3 is 2.11 bits per heavy atom. The lowest BCUT2D eigenvalue weighted by molar-refractivity contribution is -0.152. The molecule has 0 saturated carbocycles. The van der Waals surface area contributed by atoms with Crippen molar-refractivity contribution in [3.63, 3.8) is 0 Å². The maximum atomic E-state index is 12.6. The van der Waals surface area contributed by atoms with Gasteiger partial charge in [-0.1, -0.05) is 53.7 Å². The minimum atomic E-state index is -2.11. The van der Waals surface area contributed by atoms with E-state index in [9.17, 15) is 9.59 Å². The molecule has 1 aromatic rings. The van der Waals surface area contributed by atoms with E-state index in [0.717, 1.165) is 17.1 Å². The summed E-state index contributed by atoms with van der Waals surface area (Å²) in [5, 5.41) is 0.103. The number of hydrogen-bond acceptors (Lipinski definition) is 6. The third-order valence-corrected chi connectivity index (χ3v) is 16.5. The molecular formula is C29H48O6Si2. The Balaban J connectivity index is 2.12. The molecule has 1 heterocycles. The van der Waals surface area contributed by atoms with Gasteiger partial charge in [-0.3, -0.25) is 4.79 Å². The Labute approximate surface area is 226 Å². The summed E-state index contributed by atoms with van der Waals surface area (Å²) in [5.41, 5.74) is 1.01. The summed E-state index contributed by atoms with van der Waals surface area (Å²) in [7, 11) is -4.18. The lowest BCUT2D eigenvalue weighted by Crippen LogP contribution is -2.45. The summed E-state index contributed by atoms with van der Waals surface area (Å²) in [6.45, 7) is 24.1. The highest BCUT2D eigenvalue weighted by Gasteiger charge is 2.42. The molecule has 208 valence electrons. The van der Waals surface area contributed by atoms with E-state index in [-0.39, 0.29) is 40.6 Å². The highest BCUT2D eigenvalue weighted by Crippen LogP contribution is 2.43. The zero-order valence-electron chi connectivity index (χ0n) is 24.8. The molecule has 0 unspecified atom stereocenters. The Hall–Kier alpha value is -2.07. The van der Waals surface area contributed by atoms with Gasteiger partial charge in [-0.05, 0) is 67.3 Å². The van der Waals surface area contributed by atoms with Gasteiger partial charge in [0.1, 0.15) is 23.7 Å². The van der Waals surface area contributed by atoms with Crippen LogP contribution in [0, 0.1) is 0 Å². The number of carbonyl (C=O) groups is 2. The average Bonchev–Trinajstić information content (AvgIpc) is 2.71. The van der Waals surface area contributed by atoms with Gasteiger partial charge in [-0.2, -0.15) is 0 Å². The first-order chi connectivity index (χ1) is 16.8. The van der Waals surface area contributed by atoms with Crippen LogP contribution >= 0.6 is 0 Å². The van der Waals surface area contributed by atoms with Gasteiger partial charge in [-0.25, -0.2) is 4.79 Å². The minimum absolute atomic E-state index is 0.0413. The van der Waals surface area contributed by atoms with E-state index in [0.29, 0.717) is 19.3 Å². The smallest absolute Gasteiger partial charge is 0.330 e.